The van der Waals surface area contributed by atoms with Gasteiger partial charge in [0, 0.05) is 31.4 Å². The second-order valence-corrected chi connectivity index (χ2v) is 7.98. The summed E-state index contributed by atoms with van der Waals surface area (Å²) in [5, 5.41) is 14.4. The van der Waals surface area contributed by atoms with E-state index < -0.39 is 0 Å². The van der Waals surface area contributed by atoms with E-state index in [1.165, 1.54) is 18.4 Å². The molecule has 8 nitrogen and oxygen atoms in total. The van der Waals surface area contributed by atoms with Crippen LogP contribution in [0, 0.1) is 19.8 Å². The quantitative estimate of drug-likeness (QED) is 0.760. The van der Waals surface area contributed by atoms with Gasteiger partial charge >= 0.3 is 0 Å². The third kappa shape index (κ3) is 4.62. The van der Waals surface area contributed by atoms with E-state index in [0.29, 0.717) is 18.5 Å². The number of piperidine rings is 1. The molecule has 2 N–H and O–H groups in total. The smallest absolute Gasteiger partial charge is 0.238 e. The van der Waals surface area contributed by atoms with Crippen LogP contribution in [0.4, 0.5) is 5.69 Å². The summed E-state index contributed by atoms with van der Waals surface area (Å²) in [5.74, 6) is 0.476. The van der Waals surface area contributed by atoms with Crippen LogP contribution in [0.2, 0.25) is 0 Å². The fraction of sp³-hybridized carbons (Fsp3) is 0.650. The largest absolute Gasteiger partial charge is 0.322 e. The summed E-state index contributed by atoms with van der Waals surface area (Å²) in [6, 6.07) is 0.358. The number of hydrogen-bond donors (Lipinski definition) is 2. The molecule has 0 unspecified atom stereocenters. The molecular weight excluding hydrogens is 354 g/mol. The number of aromatic amines is 1. The van der Waals surface area contributed by atoms with Gasteiger partial charge < -0.3 is 5.32 Å². The molecule has 0 spiro atoms. The molecule has 2 aromatic heterocycles. The van der Waals surface area contributed by atoms with Crippen LogP contribution in [-0.2, 0) is 11.8 Å². The van der Waals surface area contributed by atoms with Crippen LogP contribution < -0.4 is 5.32 Å². The molecule has 2 aromatic rings. The average Bonchev–Trinajstić information content (AvgIpc) is 3.21. The highest BCUT2D eigenvalue weighted by Gasteiger charge is 2.33. The zero-order valence-corrected chi connectivity index (χ0v) is 17.7. The first-order valence-electron chi connectivity index (χ1n) is 10.1. The Hall–Kier alpha value is -2.19. The van der Waals surface area contributed by atoms with Gasteiger partial charge in [0.15, 0.2) is 0 Å². The zero-order valence-electron chi connectivity index (χ0n) is 17.7. The van der Waals surface area contributed by atoms with E-state index in [1.807, 2.05) is 38.8 Å². The zero-order chi connectivity index (χ0) is 20.3. The van der Waals surface area contributed by atoms with Gasteiger partial charge in [-0.1, -0.05) is 6.92 Å². The minimum absolute atomic E-state index is 0.00353. The molecular formula is C20H33N7O. The van der Waals surface area contributed by atoms with Crippen molar-refractivity contribution in [3.05, 3.63) is 29.3 Å². The number of rotatable bonds is 7. The molecule has 1 fully saturated rings. The van der Waals surface area contributed by atoms with Gasteiger partial charge in [0.05, 0.1) is 29.8 Å². The first-order valence-corrected chi connectivity index (χ1v) is 10.1. The van der Waals surface area contributed by atoms with E-state index in [9.17, 15) is 4.79 Å². The SMILES string of the molecule is CCN1CCC[C@@H](CN(C)CC(=O)Nc2c(C)n[nH]c2C)[C@@H]1c1cnn(C)c1. The number of aromatic nitrogens is 4. The minimum Gasteiger partial charge on any atom is -0.322 e. The molecule has 28 heavy (non-hydrogen) atoms. The third-order valence-electron chi connectivity index (χ3n) is 5.68. The molecule has 3 rings (SSSR count). The number of nitrogens with zero attached hydrogens (tertiary/aromatic N) is 5. The van der Waals surface area contributed by atoms with Crippen molar-refractivity contribution in [2.75, 3.05) is 38.5 Å². The summed E-state index contributed by atoms with van der Waals surface area (Å²) in [6.45, 7) is 9.43. The molecule has 1 amide bonds. The van der Waals surface area contributed by atoms with Crippen LogP contribution >= 0.6 is 0 Å². The number of carbonyl (C=O) groups is 1. The molecule has 1 aliphatic heterocycles. The summed E-state index contributed by atoms with van der Waals surface area (Å²) in [4.78, 5) is 17.2. The van der Waals surface area contributed by atoms with E-state index in [1.54, 1.807) is 0 Å². The molecule has 1 saturated heterocycles. The predicted molar refractivity (Wildman–Crippen MR) is 110 cm³/mol. The number of amides is 1. The van der Waals surface area contributed by atoms with E-state index in [2.05, 4.69) is 43.5 Å². The summed E-state index contributed by atoms with van der Waals surface area (Å²) >= 11 is 0. The monoisotopic (exact) mass is 387 g/mol. The Kier molecular flexibility index (Phi) is 6.51. The molecule has 0 radical (unpaired) electrons. The Bertz CT molecular complexity index is 777. The Balaban J connectivity index is 1.64. The second-order valence-electron chi connectivity index (χ2n) is 7.98. The highest BCUT2D eigenvalue weighted by Crippen LogP contribution is 2.36. The summed E-state index contributed by atoms with van der Waals surface area (Å²) in [7, 11) is 3.99. The van der Waals surface area contributed by atoms with Gasteiger partial charge in [0.1, 0.15) is 0 Å². The molecule has 0 bridgehead atoms. The summed E-state index contributed by atoms with van der Waals surface area (Å²) < 4.78 is 1.88. The van der Waals surface area contributed by atoms with Crippen LogP contribution in [0.1, 0.15) is 42.8 Å². The van der Waals surface area contributed by atoms with Crippen LogP contribution in [0.3, 0.4) is 0 Å². The lowest BCUT2D eigenvalue weighted by Crippen LogP contribution is -2.44. The predicted octanol–water partition coefficient (Wildman–Crippen LogP) is 2.10. The Labute approximate surface area is 167 Å². The number of likely N-dealkylation sites (N-methyl/N-ethyl adjacent to an activating group) is 1. The number of anilines is 1. The molecule has 3 heterocycles. The summed E-state index contributed by atoms with van der Waals surface area (Å²) in [5.41, 5.74) is 3.77. The van der Waals surface area contributed by atoms with Crippen LogP contribution in [0.5, 0.6) is 0 Å². The van der Waals surface area contributed by atoms with Crippen molar-refractivity contribution in [1.82, 2.24) is 29.8 Å². The van der Waals surface area contributed by atoms with Crippen molar-refractivity contribution in [3.8, 4) is 0 Å². The Morgan fingerprint density at radius 2 is 2.21 bits per heavy atom. The van der Waals surface area contributed by atoms with E-state index in [4.69, 9.17) is 0 Å². The molecule has 1 aliphatic rings. The first kappa shape index (κ1) is 20.5. The van der Waals surface area contributed by atoms with Crippen molar-refractivity contribution < 1.29 is 4.79 Å². The molecule has 0 aliphatic carbocycles. The van der Waals surface area contributed by atoms with Crippen molar-refractivity contribution in [1.29, 1.82) is 0 Å². The second kappa shape index (κ2) is 8.87. The molecule has 154 valence electrons. The van der Waals surface area contributed by atoms with Gasteiger partial charge in [-0.3, -0.25) is 24.4 Å². The minimum atomic E-state index is -0.00353. The highest BCUT2D eigenvalue weighted by atomic mass is 16.2. The van der Waals surface area contributed by atoms with Crippen molar-refractivity contribution in [2.45, 2.75) is 39.7 Å². The summed E-state index contributed by atoms with van der Waals surface area (Å²) in [6.07, 6.45) is 6.48. The lowest BCUT2D eigenvalue weighted by molar-refractivity contribution is -0.117. The van der Waals surface area contributed by atoms with E-state index >= 15 is 0 Å². The third-order valence-corrected chi connectivity index (χ3v) is 5.68. The lowest BCUT2D eigenvalue weighted by atomic mass is 9.85. The molecule has 0 saturated carbocycles. The maximum absolute atomic E-state index is 12.5. The number of H-pyrrole nitrogens is 1. The number of aryl methyl sites for hydroxylation is 3. The highest BCUT2D eigenvalue weighted by molar-refractivity contribution is 5.93. The van der Waals surface area contributed by atoms with Gasteiger partial charge in [-0.25, -0.2) is 0 Å². The standard InChI is InChI=1S/C20H33N7O/c1-6-27-9-7-8-16(20(27)17-10-21-26(5)12-17)11-25(4)13-18(28)22-19-14(2)23-24-15(19)3/h10,12,16,20H,6-9,11,13H2,1-5H3,(H,22,28)(H,23,24)/t16-,20+/m0/s1. The van der Waals surface area contributed by atoms with Crippen LogP contribution in [0.25, 0.3) is 0 Å². The fourth-order valence-electron chi connectivity index (χ4n) is 4.40. The maximum Gasteiger partial charge on any atom is 0.238 e. The topological polar surface area (TPSA) is 82.1 Å². The van der Waals surface area contributed by atoms with Gasteiger partial charge in [-0.05, 0) is 52.7 Å². The van der Waals surface area contributed by atoms with E-state index in [-0.39, 0.29) is 5.91 Å². The Morgan fingerprint density at radius 3 is 2.82 bits per heavy atom. The normalized spacial score (nSPS) is 20.6. The van der Waals surface area contributed by atoms with Gasteiger partial charge in [0.25, 0.3) is 0 Å². The van der Waals surface area contributed by atoms with Gasteiger partial charge in [-0.15, -0.1) is 0 Å². The fourth-order valence-corrected chi connectivity index (χ4v) is 4.40. The van der Waals surface area contributed by atoms with Crippen molar-refractivity contribution in [2.24, 2.45) is 13.0 Å². The van der Waals surface area contributed by atoms with E-state index in [0.717, 1.165) is 36.7 Å². The Morgan fingerprint density at radius 1 is 1.43 bits per heavy atom. The van der Waals surface area contributed by atoms with Crippen molar-refractivity contribution >= 4 is 11.6 Å². The van der Waals surface area contributed by atoms with Crippen molar-refractivity contribution in [3.63, 3.8) is 0 Å². The molecule has 2 atom stereocenters. The maximum atomic E-state index is 12.5. The number of hydrogen-bond acceptors (Lipinski definition) is 5. The first-order chi connectivity index (χ1) is 13.4. The number of likely N-dealkylation sites (tertiary alicyclic amines) is 1. The van der Waals surface area contributed by atoms with Gasteiger partial charge in [0.2, 0.25) is 5.91 Å². The number of carbonyl (C=O) groups excluding carboxylic acids is 1. The van der Waals surface area contributed by atoms with Gasteiger partial charge in [-0.2, -0.15) is 10.2 Å². The molecule has 0 aromatic carbocycles. The van der Waals surface area contributed by atoms with Crippen LogP contribution in [-0.4, -0.2) is 68.9 Å². The molecule has 8 heteroatoms. The number of nitrogens with one attached hydrogen (secondary N) is 2. The lowest BCUT2D eigenvalue weighted by Gasteiger charge is -2.42. The average molecular weight is 388 g/mol. The van der Waals surface area contributed by atoms with Crippen LogP contribution in [0.15, 0.2) is 12.4 Å².